The summed E-state index contributed by atoms with van der Waals surface area (Å²) in [6, 6.07) is -1.34. The second-order valence-corrected chi connectivity index (χ2v) is 4.40. The maximum absolute atomic E-state index is 10.7. The Bertz CT molecular complexity index is 312. The molecule has 0 aromatic rings. The van der Waals surface area contributed by atoms with Crippen molar-refractivity contribution in [1.29, 1.82) is 0 Å². The quantitative estimate of drug-likeness (QED) is 0.301. The van der Waals surface area contributed by atoms with Crippen molar-refractivity contribution in [3.63, 3.8) is 0 Å². The average Bonchev–Trinajstić information content (AvgIpc) is 2.38. The van der Waals surface area contributed by atoms with E-state index in [4.69, 9.17) is 25.4 Å². The van der Waals surface area contributed by atoms with E-state index in [9.17, 15) is 20.1 Å². The van der Waals surface area contributed by atoms with E-state index in [1.165, 1.54) is 6.92 Å². The first-order chi connectivity index (χ1) is 8.79. The molecule has 7 atom stereocenters. The molecule has 1 heterocycles. The Morgan fingerprint density at radius 1 is 1.32 bits per heavy atom. The molecule has 0 aromatic heterocycles. The van der Waals surface area contributed by atoms with Gasteiger partial charge in [-0.05, 0) is 6.92 Å². The molecule has 0 bridgehead atoms. The van der Waals surface area contributed by atoms with E-state index >= 15 is 0 Å². The van der Waals surface area contributed by atoms with Crippen LogP contribution in [0.3, 0.4) is 0 Å². The lowest BCUT2D eigenvalue weighted by Crippen LogP contribution is -2.60. The van der Waals surface area contributed by atoms with Gasteiger partial charge in [0.2, 0.25) is 0 Å². The van der Waals surface area contributed by atoms with Crippen LogP contribution in [0.5, 0.6) is 0 Å². The maximum Gasteiger partial charge on any atom is 0.323 e. The summed E-state index contributed by atoms with van der Waals surface area (Å²) < 4.78 is 10.2. The van der Waals surface area contributed by atoms with E-state index in [-0.39, 0.29) is 0 Å². The van der Waals surface area contributed by atoms with E-state index in [2.05, 4.69) is 0 Å². The number of nitrogens with two attached hydrogens (primary N) is 1. The van der Waals surface area contributed by atoms with Gasteiger partial charge in [0.05, 0.1) is 12.7 Å². The minimum atomic E-state index is -1.58. The molecule has 9 nitrogen and oxygen atoms in total. The van der Waals surface area contributed by atoms with Crippen molar-refractivity contribution in [2.24, 2.45) is 5.73 Å². The Labute approximate surface area is 109 Å². The minimum absolute atomic E-state index is 0.593. The number of ether oxygens (including phenoxy) is 2. The van der Waals surface area contributed by atoms with Crippen LogP contribution in [0.25, 0.3) is 0 Å². The maximum atomic E-state index is 10.7. The molecule has 1 aliphatic heterocycles. The molecule has 1 aliphatic rings. The third-order valence-electron chi connectivity index (χ3n) is 2.99. The number of aliphatic carboxylic acids is 1. The van der Waals surface area contributed by atoms with Gasteiger partial charge < -0.3 is 40.7 Å². The van der Waals surface area contributed by atoms with E-state index < -0.39 is 55.4 Å². The molecule has 9 heteroatoms. The standard InChI is InChI=1S/C10H19NO8/c1-3(5(11)9(16)17)18-10-8(15)7(14)6(13)4(2-12)19-10/h3-8,10,12-15H,2,11H2,1H3,(H,16,17)/t3-,4-,5+,6-,7+,8+,10?/m1/s1. The first kappa shape index (κ1) is 16.2. The highest BCUT2D eigenvalue weighted by Crippen LogP contribution is 2.23. The van der Waals surface area contributed by atoms with Crippen LogP contribution in [0.2, 0.25) is 0 Å². The Balaban J connectivity index is 2.69. The van der Waals surface area contributed by atoms with Crippen LogP contribution < -0.4 is 5.73 Å². The SMILES string of the molecule is C[C@@H](OC1O[C@H](CO)[C@@H](O)[C@H](O)[C@@H]1O)[C@H](N)C(=O)O. The molecule has 0 spiro atoms. The van der Waals surface area contributed by atoms with Crippen molar-refractivity contribution in [3.8, 4) is 0 Å². The van der Waals surface area contributed by atoms with Gasteiger partial charge in [0.25, 0.3) is 0 Å². The Kier molecular flexibility index (Phi) is 5.62. The fourth-order valence-electron chi connectivity index (χ4n) is 1.68. The Morgan fingerprint density at radius 3 is 2.37 bits per heavy atom. The van der Waals surface area contributed by atoms with Crippen LogP contribution >= 0.6 is 0 Å². The van der Waals surface area contributed by atoms with Crippen LogP contribution in [0.4, 0.5) is 0 Å². The van der Waals surface area contributed by atoms with Gasteiger partial charge in [0.1, 0.15) is 30.5 Å². The minimum Gasteiger partial charge on any atom is -0.480 e. The molecule has 1 fully saturated rings. The van der Waals surface area contributed by atoms with Crippen LogP contribution in [0.1, 0.15) is 6.92 Å². The Hall–Kier alpha value is -0.810. The number of hydrogen-bond acceptors (Lipinski definition) is 8. The number of carboxylic acid groups (broad SMARTS) is 1. The predicted octanol–water partition coefficient (Wildman–Crippen LogP) is -3.40. The number of carboxylic acids is 1. The number of rotatable bonds is 5. The van der Waals surface area contributed by atoms with E-state index in [0.717, 1.165) is 0 Å². The molecule has 0 radical (unpaired) electrons. The summed E-state index contributed by atoms with van der Waals surface area (Å²) in [5, 5.41) is 46.4. The predicted molar refractivity (Wildman–Crippen MR) is 59.9 cm³/mol. The average molecular weight is 281 g/mol. The highest BCUT2D eigenvalue weighted by molar-refractivity contribution is 5.73. The molecule has 19 heavy (non-hydrogen) atoms. The molecule has 1 unspecified atom stereocenters. The molecule has 0 amide bonds. The number of carbonyl (C=O) groups is 1. The Morgan fingerprint density at radius 2 is 1.89 bits per heavy atom. The van der Waals surface area contributed by atoms with Crippen LogP contribution in [-0.2, 0) is 14.3 Å². The number of aliphatic hydroxyl groups is 4. The van der Waals surface area contributed by atoms with Gasteiger partial charge in [-0.1, -0.05) is 0 Å². The fourth-order valence-corrected chi connectivity index (χ4v) is 1.68. The molecule has 0 saturated carbocycles. The van der Waals surface area contributed by atoms with Crippen LogP contribution in [-0.4, -0.2) is 81.0 Å². The van der Waals surface area contributed by atoms with Gasteiger partial charge in [-0.15, -0.1) is 0 Å². The summed E-state index contributed by atoms with van der Waals surface area (Å²) in [6.07, 6.45) is -8.17. The largest absolute Gasteiger partial charge is 0.480 e. The fraction of sp³-hybridized carbons (Fsp3) is 0.900. The summed E-state index contributed by atoms with van der Waals surface area (Å²) in [4.78, 5) is 10.7. The lowest BCUT2D eigenvalue weighted by atomic mass is 9.99. The van der Waals surface area contributed by atoms with Gasteiger partial charge >= 0.3 is 5.97 Å². The lowest BCUT2D eigenvalue weighted by Gasteiger charge is -2.40. The number of aliphatic hydroxyl groups excluding tert-OH is 4. The first-order valence-electron chi connectivity index (χ1n) is 5.74. The second kappa shape index (κ2) is 6.57. The van der Waals surface area contributed by atoms with Crippen molar-refractivity contribution >= 4 is 5.97 Å². The molecule has 1 saturated heterocycles. The number of hydrogen-bond donors (Lipinski definition) is 6. The second-order valence-electron chi connectivity index (χ2n) is 4.40. The smallest absolute Gasteiger partial charge is 0.323 e. The normalized spacial score (nSPS) is 38.7. The molecule has 7 N–H and O–H groups in total. The van der Waals surface area contributed by atoms with Crippen LogP contribution in [0.15, 0.2) is 0 Å². The summed E-state index contributed by atoms with van der Waals surface area (Å²) in [6.45, 7) is 0.768. The summed E-state index contributed by atoms with van der Waals surface area (Å²) in [7, 11) is 0. The van der Waals surface area contributed by atoms with Crippen molar-refractivity contribution < 1.29 is 39.8 Å². The zero-order valence-electron chi connectivity index (χ0n) is 10.3. The van der Waals surface area contributed by atoms with Gasteiger partial charge in [0.15, 0.2) is 6.29 Å². The van der Waals surface area contributed by atoms with E-state index in [0.29, 0.717) is 0 Å². The molecule has 112 valence electrons. The van der Waals surface area contributed by atoms with Crippen molar-refractivity contribution in [2.45, 2.75) is 49.8 Å². The molecular weight excluding hydrogens is 262 g/mol. The van der Waals surface area contributed by atoms with Gasteiger partial charge in [0, 0.05) is 0 Å². The zero-order chi connectivity index (χ0) is 14.7. The summed E-state index contributed by atoms with van der Waals surface area (Å²) in [5.41, 5.74) is 5.33. The third kappa shape index (κ3) is 3.60. The highest BCUT2D eigenvalue weighted by atomic mass is 16.7. The van der Waals surface area contributed by atoms with Gasteiger partial charge in [-0.25, -0.2) is 0 Å². The first-order valence-corrected chi connectivity index (χ1v) is 5.74. The van der Waals surface area contributed by atoms with E-state index in [1.807, 2.05) is 0 Å². The highest BCUT2D eigenvalue weighted by Gasteiger charge is 2.45. The van der Waals surface area contributed by atoms with Gasteiger partial charge in [-0.2, -0.15) is 0 Å². The van der Waals surface area contributed by atoms with Crippen LogP contribution in [0, 0.1) is 0 Å². The van der Waals surface area contributed by atoms with Crippen molar-refractivity contribution in [2.75, 3.05) is 6.61 Å². The molecule has 0 aliphatic carbocycles. The van der Waals surface area contributed by atoms with Crippen molar-refractivity contribution in [3.05, 3.63) is 0 Å². The van der Waals surface area contributed by atoms with Crippen molar-refractivity contribution in [1.82, 2.24) is 0 Å². The van der Waals surface area contributed by atoms with E-state index in [1.54, 1.807) is 0 Å². The summed E-state index contributed by atoms with van der Waals surface area (Å²) >= 11 is 0. The third-order valence-corrected chi connectivity index (χ3v) is 2.99. The molecular formula is C10H19NO8. The molecule has 0 aromatic carbocycles. The lowest BCUT2D eigenvalue weighted by molar-refractivity contribution is -0.310. The molecule has 1 rings (SSSR count). The topological polar surface area (TPSA) is 163 Å². The van der Waals surface area contributed by atoms with Gasteiger partial charge in [-0.3, -0.25) is 4.79 Å². The summed E-state index contributed by atoms with van der Waals surface area (Å²) in [5.74, 6) is -1.29. The zero-order valence-corrected chi connectivity index (χ0v) is 10.3. The monoisotopic (exact) mass is 281 g/mol.